The third kappa shape index (κ3) is 4.08. The van der Waals surface area contributed by atoms with Crippen LogP contribution < -0.4 is 24.8 Å². The first-order valence-electron chi connectivity index (χ1n) is 13.3. The summed E-state index contributed by atoms with van der Waals surface area (Å²) in [5.41, 5.74) is 10.1. The quantitative estimate of drug-likeness (QED) is 0.519. The number of rotatable bonds is 4. The van der Waals surface area contributed by atoms with Gasteiger partial charge in [-0.15, -0.1) is 0 Å². The Morgan fingerprint density at radius 1 is 0.829 bits per heavy atom. The smallest absolute Gasteiger partial charge is 1.00 e. The molecule has 6 aliphatic carbocycles. The van der Waals surface area contributed by atoms with Crippen molar-refractivity contribution in [1.82, 2.24) is 0 Å². The van der Waals surface area contributed by atoms with Crippen LogP contribution in [0.4, 0.5) is 0 Å². The molecule has 0 spiro atoms. The van der Waals surface area contributed by atoms with E-state index in [0.29, 0.717) is 15.0 Å². The Morgan fingerprint density at radius 3 is 1.83 bits per heavy atom. The largest absolute Gasteiger partial charge is 1.00 e. The van der Waals surface area contributed by atoms with Crippen LogP contribution in [0.1, 0.15) is 73.5 Å². The Morgan fingerprint density at radius 2 is 1.31 bits per heavy atom. The summed E-state index contributed by atoms with van der Waals surface area (Å²) >= 11 is -2.17. The molecule has 182 valence electrons. The zero-order chi connectivity index (χ0) is 22.3. The van der Waals surface area contributed by atoms with Crippen molar-refractivity contribution in [1.29, 1.82) is 0 Å². The molecule has 0 aromatic heterocycles. The average Bonchev–Trinajstić information content (AvgIpc) is 3.26. The summed E-state index contributed by atoms with van der Waals surface area (Å²) in [6, 6.07) is 18.3. The van der Waals surface area contributed by atoms with Gasteiger partial charge in [-0.25, -0.2) is 0 Å². The van der Waals surface area contributed by atoms with E-state index in [9.17, 15) is 0 Å². The first-order valence-corrected chi connectivity index (χ1v) is 17.7. The van der Waals surface area contributed by atoms with Crippen LogP contribution in [0.15, 0.2) is 69.0 Å². The summed E-state index contributed by atoms with van der Waals surface area (Å²) in [5, 5.41) is 0. The molecule has 0 aliphatic heterocycles. The minimum atomic E-state index is -2.17. The van der Waals surface area contributed by atoms with Crippen LogP contribution in [0.2, 0.25) is 0 Å². The third-order valence-electron chi connectivity index (χ3n) is 10.1. The molecule has 0 heterocycles. The molecule has 35 heavy (non-hydrogen) atoms. The van der Waals surface area contributed by atoms with Gasteiger partial charge in [-0.05, 0) is 0 Å². The molecule has 1 atom stereocenters. The van der Waals surface area contributed by atoms with E-state index >= 15 is 0 Å². The van der Waals surface area contributed by atoms with E-state index in [0.717, 1.165) is 17.8 Å². The Hall–Kier alpha value is -0.747. The molecule has 0 radical (unpaired) electrons. The molecule has 8 rings (SSSR count). The maximum atomic E-state index is 5.07. The molecule has 0 N–H and O–H groups in total. The van der Waals surface area contributed by atoms with Crippen LogP contribution in [0, 0.1) is 29.1 Å². The molecule has 0 amide bonds. The minimum Gasteiger partial charge on any atom is -1.00 e. The number of fused-ring (bicyclic) bond motifs is 3. The standard InChI is InChI=1S/C18H25.C13H9.CH2.2ClH.Zr/c1-12-3-13(2)17(4-12)11-18-8-14-5-15(9-18)7-16(6-14)10-18;1-3-7-12-10(5-1)9-11-6-2-4-8-13(11)12;;;;/h4,12,14-16H,5-11H2,1-2H3;1-9H;1H2;2*1H;/q;;;;;+2/p-2. The van der Waals surface area contributed by atoms with Gasteiger partial charge in [-0.2, -0.15) is 0 Å². The Kier molecular flexibility index (Phi) is 7.05. The monoisotopic (exact) mass is 580 g/mol. The molecule has 0 nitrogen and oxygen atoms in total. The van der Waals surface area contributed by atoms with Gasteiger partial charge >= 0.3 is 208 Å². The molecule has 2 aromatic rings. The van der Waals surface area contributed by atoms with Gasteiger partial charge < -0.3 is 24.8 Å². The van der Waals surface area contributed by atoms with E-state index in [4.69, 9.17) is 4.21 Å². The Labute approximate surface area is 231 Å². The fourth-order valence-corrected chi connectivity index (χ4v) is 16.4. The number of allylic oxidation sites excluding steroid dienone is 4. The minimum absolute atomic E-state index is 0. The zero-order valence-corrected chi connectivity index (χ0v) is 25.0. The SMILES string of the molecule is [CH2]=[Zr+2]([C]1=C(C)C(CC23CC4CC(CC(C4)C2)C3)=CC1C)[CH]1c2ccccc2-c2ccccc21.[Cl-].[Cl-]. The van der Waals surface area contributed by atoms with Gasteiger partial charge in [0.25, 0.3) is 0 Å². The molecular weight excluding hydrogens is 546 g/mol. The second-order valence-corrected chi connectivity index (χ2v) is 17.6. The van der Waals surface area contributed by atoms with Crippen molar-refractivity contribution in [3.8, 4) is 11.1 Å². The van der Waals surface area contributed by atoms with Crippen molar-refractivity contribution >= 4 is 4.21 Å². The molecular formula is C32H36Cl2Zr. The fraction of sp³-hybridized carbons (Fsp3) is 0.469. The second kappa shape index (κ2) is 9.53. The maximum Gasteiger partial charge on any atom is -1.00 e. The normalized spacial score (nSPS) is 31.7. The molecule has 3 heteroatoms. The van der Waals surface area contributed by atoms with Crippen LogP contribution in [0.25, 0.3) is 11.1 Å². The van der Waals surface area contributed by atoms with Gasteiger partial charge in [0.1, 0.15) is 0 Å². The van der Waals surface area contributed by atoms with E-state index in [1.54, 1.807) is 44.8 Å². The number of benzene rings is 2. The van der Waals surface area contributed by atoms with Crippen LogP contribution in [0.3, 0.4) is 0 Å². The van der Waals surface area contributed by atoms with Crippen molar-refractivity contribution in [3.05, 3.63) is 80.2 Å². The van der Waals surface area contributed by atoms with Gasteiger partial charge in [0, 0.05) is 0 Å². The van der Waals surface area contributed by atoms with E-state index in [1.807, 2.05) is 0 Å². The van der Waals surface area contributed by atoms with E-state index in [2.05, 4.69) is 68.5 Å². The van der Waals surface area contributed by atoms with E-state index < -0.39 is 21.3 Å². The average molecular weight is 583 g/mol. The van der Waals surface area contributed by atoms with Gasteiger partial charge in [-0.1, -0.05) is 0 Å². The predicted molar refractivity (Wildman–Crippen MR) is 136 cm³/mol. The second-order valence-electron chi connectivity index (χ2n) is 12.2. The van der Waals surface area contributed by atoms with Crippen LogP contribution in [0.5, 0.6) is 0 Å². The topological polar surface area (TPSA) is 0 Å². The van der Waals surface area contributed by atoms with E-state index in [1.165, 1.54) is 36.8 Å². The first-order chi connectivity index (χ1) is 16.0. The van der Waals surface area contributed by atoms with Crippen molar-refractivity contribution in [2.24, 2.45) is 29.1 Å². The molecule has 6 aliphatic rings. The predicted octanol–water partition coefficient (Wildman–Crippen LogP) is 2.27. The summed E-state index contributed by atoms with van der Waals surface area (Å²) in [4.78, 5) is 0. The number of hydrogen-bond acceptors (Lipinski definition) is 0. The molecule has 4 saturated carbocycles. The van der Waals surface area contributed by atoms with Gasteiger partial charge in [-0.3, -0.25) is 0 Å². The summed E-state index contributed by atoms with van der Waals surface area (Å²) in [7, 11) is 0. The van der Waals surface area contributed by atoms with Gasteiger partial charge in [0.2, 0.25) is 0 Å². The van der Waals surface area contributed by atoms with E-state index in [-0.39, 0.29) is 24.8 Å². The number of halogens is 2. The van der Waals surface area contributed by atoms with Crippen molar-refractivity contribution in [3.63, 3.8) is 0 Å². The number of hydrogen-bond donors (Lipinski definition) is 0. The third-order valence-corrected chi connectivity index (χ3v) is 17.0. The fourth-order valence-electron chi connectivity index (χ4n) is 9.35. The van der Waals surface area contributed by atoms with Crippen molar-refractivity contribution in [2.45, 2.75) is 62.4 Å². The molecule has 0 saturated heterocycles. The maximum absolute atomic E-state index is 5.07. The van der Waals surface area contributed by atoms with Crippen LogP contribution in [-0.4, -0.2) is 4.21 Å². The summed E-state index contributed by atoms with van der Waals surface area (Å²) in [6.07, 6.45) is 13.3. The summed E-state index contributed by atoms with van der Waals surface area (Å²) < 4.78 is 7.44. The Balaban J connectivity index is 0.00000127. The van der Waals surface area contributed by atoms with Gasteiger partial charge in [0.15, 0.2) is 0 Å². The zero-order valence-electron chi connectivity index (χ0n) is 21.0. The van der Waals surface area contributed by atoms with Crippen LogP contribution in [-0.2, 0) is 21.3 Å². The van der Waals surface area contributed by atoms with Crippen molar-refractivity contribution < 1.29 is 46.1 Å². The van der Waals surface area contributed by atoms with Gasteiger partial charge in [0.05, 0.1) is 0 Å². The molecule has 4 bridgehead atoms. The molecule has 2 aromatic carbocycles. The molecule has 1 unspecified atom stereocenters. The Bertz CT molecular complexity index is 1150. The van der Waals surface area contributed by atoms with Crippen molar-refractivity contribution in [2.75, 3.05) is 0 Å². The summed E-state index contributed by atoms with van der Waals surface area (Å²) in [6.45, 7) is 4.95. The molecule has 4 fully saturated rings. The first kappa shape index (κ1) is 25.9. The summed E-state index contributed by atoms with van der Waals surface area (Å²) in [5.74, 6) is 3.74. The van der Waals surface area contributed by atoms with Crippen LogP contribution >= 0.6 is 0 Å².